The third-order valence-electron chi connectivity index (χ3n) is 2.59. The van der Waals surface area contributed by atoms with Crippen LogP contribution in [0, 0.1) is 0 Å². The summed E-state index contributed by atoms with van der Waals surface area (Å²) in [4.78, 5) is 10.3. The Kier molecular flexibility index (Phi) is 12.2. The van der Waals surface area contributed by atoms with E-state index in [9.17, 15) is 9.90 Å². The van der Waals surface area contributed by atoms with Gasteiger partial charge in [-0.15, -0.1) is 0 Å². The zero-order valence-corrected chi connectivity index (χ0v) is 11.8. The van der Waals surface area contributed by atoms with Crippen LogP contribution in [0.15, 0.2) is 36.5 Å². The highest BCUT2D eigenvalue weighted by Crippen LogP contribution is 2.03. The summed E-state index contributed by atoms with van der Waals surface area (Å²) in [6.45, 7) is 2.13. The molecule has 0 aromatic rings. The third-order valence-corrected chi connectivity index (χ3v) is 2.59. The normalized spacial score (nSPS) is 13.8. The van der Waals surface area contributed by atoms with Crippen LogP contribution >= 0.6 is 0 Å². The molecule has 3 heteroatoms. The second kappa shape index (κ2) is 13.1. The maximum atomic E-state index is 10.3. The minimum absolute atomic E-state index is 0.239. The van der Waals surface area contributed by atoms with Gasteiger partial charge in [-0.2, -0.15) is 0 Å². The number of allylic oxidation sites excluding steroid dienone is 4. The zero-order chi connectivity index (χ0) is 14.3. The van der Waals surface area contributed by atoms with E-state index in [0.717, 1.165) is 25.7 Å². The molecule has 0 fully saturated rings. The summed E-state index contributed by atoms with van der Waals surface area (Å²) in [7, 11) is 0. The first-order chi connectivity index (χ1) is 9.16. The number of carboxylic acid groups (broad SMARTS) is 1. The molecule has 0 aliphatic heterocycles. The van der Waals surface area contributed by atoms with Crippen molar-refractivity contribution < 1.29 is 15.0 Å². The highest BCUT2D eigenvalue weighted by Gasteiger charge is 1.95. The molecule has 0 aromatic carbocycles. The molecule has 0 radical (unpaired) electrons. The molecule has 0 bridgehead atoms. The van der Waals surface area contributed by atoms with Crippen LogP contribution in [-0.4, -0.2) is 22.3 Å². The fourth-order valence-electron chi connectivity index (χ4n) is 1.50. The highest BCUT2D eigenvalue weighted by molar-refractivity contribution is 5.66. The van der Waals surface area contributed by atoms with E-state index in [0.29, 0.717) is 12.8 Å². The number of aliphatic carboxylic acids is 1. The lowest BCUT2D eigenvalue weighted by atomic mass is 10.1. The van der Waals surface area contributed by atoms with Gasteiger partial charge in [0.15, 0.2) is 0 Å². The molecule has 0 amide bonds. The van der Waals surface area contributed by atoms with Crippen LogP contribution in [0.25, 0.3) is 0 Å². The molecule has 3 nitrogen and oxygen atoms in total. The fourth-order valence-corrected chi connectivity index (χ4v) is 1.50. The Bertz CT molecular complexity index is 303. The van der Waals surface area contributed by atoms with Gasteiger partial charge < -0.3 is 10.2 Å². The smallest absolute Gasteiger partial charge is 0.303 e. The van der Waals surface area contributed by atoms with Gasteiger partial charge >= 0.3 is 5.97 Å². The monoisotopic (exact) mass is 266 g/mol. The number of aliphatic hydroxyl groups excluding tert-OH is 1. The van der Waals surface area contributed by atoms with E-state index in [1.54, 1.807) is 6.08 Å². The number of unbranched alkanes of at least 4 members (excludes halogenated alkanes) is 3. The van der Waals surface area contributed by atoms with Crippen LogP contribution in [0.3, 0.4) is 0 Å². The molecule has 0 saturated carbocycles. The first-order valence-electron chi connectivity index (χ1n) is 7.05. The van der Waals surface area contributed by atoms with Gasteiger partial charge in [0.1, 0.15) is 0 Å². The Labute approximate surface area is 116 Å². The van der Waals surface area contributed by atoms with Crippen molar-refractivity contribution in [1.29, 1.82) is 0 Å². The fraction of sp³-hybridized carbons (Fsp3) is 0.562. The lowest BCUT2D eigenvalue weighted by Gasteiger charge is -1.99. The molecule has 19 heavy (non-hydrogen) atoms. The van der Waals surface area contributed by atoms with Crippen LogP contribution < -0.4 is 0 Å². The first-order valence-corrected chi connectivity index (χ1v) is 7.05. The summed E-state index contributed by atoms with van der Waals surface area (Å²) >= 11 is 0. The molecule has 0 aromatic heterocycles. The molecule has 2 N–H and O–H groups in total. The van der Waals surface area contributed by atoms with E-state index in [1.165, 1.54) is 0 Å². The minimum Gasteiger partial charge on any atom is -0.481 e. The molecule has 108 valence electrons. The lowest BCUT2D eigenvalue weighted by molar-refractivity contribution is -0.137. The summed E-state index contributed by atoms with van der Waals surface area (Å²) < 4.78 is 0. The quantitative estimate of drug-likeness (QED) is 0.339. The van der Waals surface area contributed by atoms with E-state index >= 15 is 0 Å². The van der Waals surface area contributed by atoms with E-state index in [1.807, 2.05) is 24.3 Å². The molecule has 0 saturated heterocycles. The van der Waals surface area contributed by atoms with Crippen molar-refractivity contribution in [3.63, 3.8) is 0 Å². The Balaban J connectivity index is 3.55. The predicted molar refractivity (Wildman–Crippen MR) is 79.1 cm³/mol. The maximum Gasteiger partial charge on any atom is 0.303 e. The number of hydrogen-bond donors (Lipinski definition) is 2. The molecule has 0 aliphatic rings. The molecule has 0 spiro atoms. The van der Waals surface area contributed by atoms with E-state index < -0.39 is 12.1 Å². The molecular weight excluding hydrogens is 240 g/mol. The van der Waals surface area contributed by atoms with Gasteiger partial charge in [0.05, 0.1) is 6.10 Å². The van der Waals surface area contributed by atoms with Gasteiger partial charge in [-0.25, -0.2) is 0 Å². The third kappa shape index (κ3) is 14.6. The van der Waals surface area contributed by atoms with Gasteiger partial charge in [-0.3, -0.25) is 4.79 Å². The number of carboxylic acids is 1. The maximum absolute atomic E-state index is 10.3. The van der Waals surface area contributed by atoms with Crippen LogP contribution in [0.1, 0.15) is 51.9 Å². The summed E-state index contributed by atoms with van der Waals surface area (Å²) in [5.41, 5.74) is 0. The largest absolute Gasteiger partial charge is 0.481 e. The number of rotatable bonds is 11. The van der Waals surface area contributed by atoms with Crippen molar-refractivity contribution in [3.05, 3.63) is 36.5 Å². The first kappa shape index (κ1) is 17.6. The Morgan fingerprint density at radius 3 is 2.58 bits per heavy atom. The summed E-state index contributed by atoms with van der Waals surface area (Å²) in [5, 5.41) is 18.1. The van der Waals surface area contributed by atoms with Crippen LogP contribution in [0.4, 0.5) is 0 Å². The SMILES string of the molecule is CCC/C=C\C=C\[C@@H](O)C/C=C\CCCCC(=O)O. The zero-order valence-electron chi connectivity index (χ0n) is 11.8. The standard InChI is InChI=1S/C16H26O3/c1-2-3-4-6-9-12-15(17)13-10-7-5-8-11-14-16(18)19/h4,6-7,9-10,12,15,17H,2-3,5,8,11,13-14H2,1H3,(H,18,19)/b6-4-,10-7-,12-9+/t15-/m1/s1. The van der Waals surface area contributed by atoms with Crippen LogP contribution in [-0.2, 0) is 4.79 Å². The van der Waals surface area contributed by atoms with Gasteiger partial charge in [-0.05, 0) is 32.1 Å². The number of carbonyl (C=O) groups is 1. The van der Waals surface area contributed by atoms with Crippen molar-refractivity contribution >= 4 is 5.97 Å². The molecule has 0 aliphatic carbocycles. The van der Waals surface area contributed by atoms with Crippen molar-refractivity contribution in [1.82, 2.24) is 0 Å². The van der Waals surface area contributed by atoms with Gasteiger partial charge in [-0.1, -0.05) is 49.8 Å². The number of aliphatic hydroxyl groups is 1. The van der Waals surface area contributed by atoms with Crippen LogP contribution in [0.5, 0.6) is 0 Å². The van der Waals surface area contributed by atoms with E-state index in [4.69, 9.17) is 5.11 Å². The average molecular weight is 266 g/mol. The van der Waals surface area contributed by atoms with Crippen molar-refractivity contribution in [2.45, 2.75) is 58.0 Å². The van der Waals surface area contributed by atoms with Gasteiger partial charge in [0.25, 0.3) is 0 Å². The minimum atomic E-state index is -0.735. The number of hydrogen-bond acceptors (Lipinski definition) is 2. The molecule has 0 rings (SSSR count). The molecule has 0 heterocycles. The molecular formula is C16H26O3. The lowest BCUT2D eigenvalue weighted by Crippen LogP contribution is -1.98. The summed E-state index contributed by atoms with van der Waals surface area (Å²) in [5.74, 6) is -0.735. The second-order valence-corrected chi connectivity index (χ2v) is 4.52. The molecule has 0 unspecified atom stereocenters. The van der Waals surface area contributed by atoms with Crippen LogP contribution in [0.2, 0.25) is 0 Å². The molecule has 1 atom stereocenters. The van der Waals surface area contributed by atoms with E-state index in [-0.39, 0.29) is 6.42 Å². The highest BCUT2D eigenvalue weighted by atomic mass is 16.4. The van der Waals surface area contributed by atoms with Gasteiger partial charge in [0.2, 0.25) is 0 Å². The Hall–Kier alpha value is -1.35. The van der Waals surface area contributed by atoms with Crippen molar-refractivity contribution in [2.24, 2.45) is 0 Å². The topological polar surface area (TPSA) is 57.5 Å². The summed E-state index contributed by atoms with van der Waals surface area (Å²) in [6.07, 6.45) is 16.7. The summed E-state index contributed by atoms with van der Waals surface area (Å²) in [6, 6.07) is 0. The predicted octanol–water partition coefficient (Wildman–Crippen LogP) is 3.85. The Morgan fingerprint density at radius 1 is 1.11 bits per heavy atom. The average Bonchev–Trinajstić information content (AvgIpc) is 2.37. The Morgan fingerprint density at radius 2 is 1.89 bits per heavy atom. The van der Waals surface area contributed by atoms with Gasteiger partial charge in [0, 0.05) is 6.42 Å². The van der Waals surface area contributed by atoms with E-state index in [2.05, 4.69) is 13.0 Å². The van der Waals surface area contributed by atoms with Crippen molar-refractivity contribution in [2.75, 3.05) is 0 Å². The van der Waals surface area contributed by atoms with Crippen molar-refractivity contribution in [3.8, 4) is 0 Å². The second-order valence-electron chi connectivity index (χ2n) is 4.52.